The van der Waals surface area contributed by atoms with Crippen molar-refractivity contribution < 1.29 is 14.4 Å². The van der Waals surface area contributed by atoms with Gasteiger partial charge in [0.15, 0.2) is 0 Å². The lowest BCUT2D eigenvalue weighted by Crippen LogP contribution is -2.48. The summed E-state index contributed by atoms with van der Waals surface area (Å²) in [6.07, 6.45) is 0.511. The second kappa shape index (κ2) is 6.76. The van der Waals surface area contributed by atoms with Gasteiger partial charge in [-0.15, -0.1) is 11.3 Å². The molecule has 2 aliphatic rings. The maximum Gasteiger partial charge on any atom is 0.267 e. The van der Waals surface area contributed by atoms with Gasteiger partial charge in [0.25, 0.3) is 5.91 Å². The third-order valence-electron chi connectivity index (χ3n) is 3.97. The molecule has 1 amide bonds. The van der Waals surface area contributed by atoms with Crippen molar-refractivity contribution in [1.82, 2.24) is 10.2 Å². The van der Waals surface area contributed by atoms with Crippen LogP contribution < -0.4 is 5.32 Å². The fourth-order valence-electron chi connectivity index (χ4n) is 2.58. The second-order valence-corrected chi connectivity index (χ2v) is 6.67. The molecule has 0 aliphatic carbocycles. The summed E-state index contributed by atoms with van der Waals surface area (Å²) in [6, 6.07) is 3.97. The summed E-state index contributed by atoms with van der Waals surface area (Å²) >= 11 is 1.61. The number of nitrogens with zero attached hydrogens (tertiary/aromatic N) is 2. The Balaban J connectivity index is 1.46. The molecular weight excluding hydrogens is 302 g/mol. The Morgan fingerprint density at radius 2 is 2.32 bits per heavy atom. The van der Waals surface area contributed by atoms with E-state index >= 15 is 0 Å². The summed E-state index contributed by atoms with van der Waals surface area (Å²) in [4.78, 5) is 21.2. The molecule has 0 unspecified atom stereocenters. The van der Waals surface area contributed by atoms with Crippen molar-refractivity contribution in [2.24, 2.45) is 5.16 Å². The van der Waals surface area contributed by atoms with E-state index in [4.69, 9.17) is 9.57 Å². The molecule has 120 valence electrons. The lowest BCUT2D eigenvalue weighted by molar-refractivity contribution is -0.141. The zero-order valence-corrected chi connectivity index (χ0v) is 13.5. The van der Waals surface area contributed by atoms with Crippen LogP contribution in [-0.4, -0.2) is 61.5 Å². The zero-order valence-electron chi connectivity index (χ0n) is 12.7. The third-order valence-corrected chi connectivity index (χ3v) is 4.88. The fourth-order valence-corrected chi connectivity index (χ4v) is 3.28. The van der Waals surface area contributed by atoms with Crippen LogP contribution in [0.5, 0.6) is 0 Å². The lowest BCUT2D eigenvalue weighted by atomic mass is 9.98. The van der Waals surface area contributed by atoms with Crippen molar-refractivity contribution in [2.75, 3.05) is 39.4 Å². The Hall–Kier alpha value is -1.44. The predicted octanol–water partition coefficient (Wildman–Crippen LogP) is 1.08. The summed E-state index contributed by atoms with van der Waals surface area (Å²) in [5.41, 5.74) is -0.0505. The number of ether oxygens (including phenoxy) is 1. The highest BCUT2D eigenvalue weighted by molar-refractivity contribution is 7.12. The Labute approximate surface area is 134 Å². The molecule has 0 aromatic carbocycles. The number of hydrogen-bond donors (Lipinski definition) is 1. The molecule has 3 heterocycles. The number of amides is 1. The van der Waals surface area contributed by atoms with Gasteiger partial charge in [-0.05, 0) is 18.4 Å². The normalized spacial score (nSPS) is 25.6. The van der Waals surface area contributed by atoms with Crippen LogP contribution in [0.25, 0.3) is 0 Å². The highest BCUT2D eigenvalue weighted by Crippen LogP contribution is 2.28. The van der Waals surface area contributed by atoms with Gasteiger partial charge in [0, 0.05) is 32.6 Å². The van der Waals surface area contributed by atoms with Crippen LogP contribution in [0.3, 0.4) is 0 Å². The monoisotopic (exact) mass is 323 g/mol. The standard InChI is InChI=1S/C15H21N3O3S/c1-15(11-12(17-21-15)13-3-2-10-22-13)14(19)16-4-5-18-6-8-20-9-7-18/h2-3,10H,4-9,11H2,1H3,(H,16,19)/t15-/m0/s1. The Morgan fingerprint density at radius 3 is 3.05 bits per heavy atom. The molecular formula is C15H21N3O3S. The van der Waals surface area contributed by atoms with Gasteiger partial charge in [-0.1, -0.05) is 11.2 Å². The van der Waals surface area contributed by atoms with E-state index in [2.05, 4.69) is 15.4 Å². The van der Waals surface area contributed by atoms with Crippen molar-refractivity contribution in [3.63, 3.8) is 0 Å². The molecule has 3 rings (SSSR count). The van der Waals surface area contributed by atoms with E-state index in [0.29, 0.717) is 13.0 Å². The van der Waals surface area contributed by atoms with Gasteiger partial charge in [-0.2, -0.15) is 0 Å². The summed E-state index contributed by atoms with van der Waals surface area (Å²) < 4.78 is 5.31. The first-order valence-corrected chi connectivity index (χ1v) is 8.43. The second-order valence-electron chi connectivity index (χ2n) is 5.72. The molecule has 1 atom stereocenters. The molecule has 7 heteroatoms. The average Bonchev–Trinajstić information content (AvgIpc) is 3.18. The van der Waals surface area contributed by atoms with E-state index in [0.717, 1.165) is 43.4 Å². The summed E-state index contributed by atoms with van der Waals surface area (Å²) in [7, 11) is 0. The highest BCUT2D eigenvalue weighted by Gasteiger charge is 2.42. The summed E-state index contributed by atoms with van der Waals surface area (Å²) in [5.74, 6) is -0.101. The molecule has 0 bridgehead atoms. The number of nitrogens with one attached hydrogen (secondary N) is 1. The first kappa shape index (κ1) is 15.5. The van der Waals surface area contributed by atoms with Crippen molar-refractivity contribution in [2.45, 2.75) is 18.9 Å². The largest absolute Gasteiger partial charge is 0.379 e. The van der Waals surface area contributed by atoms with E-state index in [1.807, 2.05) is 17.5 Å². The summed E-state index contributed by atoms with van der Waals surface area (Å²) in [5, 5.41) is 9.05. The van der Waals surface area contributed by atoms with Crippen LogP contribution in [0.4, 0.5) is 0 Å². The molecule has 1 fully saturated rings. The number of hydrogen-bond acceptors (Lipinski definition) is 6. The Kier molecular flexibility index (Phi) is 4.75. The van der Waals surface area contributed by atoms with Gasteiger partial charge < -0.3 is 14.9 Å². The Bertz CT molecular complexity index is 540. The van der Waals surface area contributed by atoms with E-state index < -0.39 is 5.60 Å². The Morgan fingerprint density at radius 1 is 1.50 bits per heavy atom. The number of carbonyl (C=O) groups is 1. The molecule has 1 aromatic heterocycles. The molecule has 1 N–H and O–H groups in total. The van der Waals surface area contributed by atoms with E-state index in [-0.39, 0.29) is 5.91 Å². The van der Waals surface area contributed by atoms with Crippen molar-refractivity contribution in [3.05, 3.63) is 22.4 Å². The molecule has 2 aliphatic heterocycles. The van der Waals surface area contributed by atoms with Gasteiger partial charge >= 0.3 is 0 Å². The minimum absolute atomic E-state index is 0.101. The third kappa shape index (κ3) is 3.48. The molecule has 22 heavy (non-hydrogen) atoms. The van der Waals surface area contributed by atoms with E-state index in [9.17, 15) is 4.79 Å². The van der Waals surface area contributed by atoms with Crippen LogP contribution in [0.2, 0.25) is 0 Å². The number of thiophene rings is 1. The van der Waals surface area contributed by atoms with Gasteiger partial charge in [-0.25, -0.2) is 0 Å². The lowest BCUT2D eigenvalue weighted by Gasteiger charge is -2.27. The number of carbonyl (C=O) groups excluding carboxylic acids is 1. The van der Waals surface area contributed by atoms with Crippen LogP contribution in [0.1, 0.15) is 18.2 Å². The first-order valence-electron chi connectivity index (χ1n) is 7.55. The van der Waals surface area contributed by atoms with Crippen LogP contribution in [0, 0.1) is 0 Å². The molecule has 6 nitrogen and oxygen atoms in total. The van der Waals surface area contributed by atoms with Gasteiger partial charge in [0.05, 0.1) is 18.1 Å². The van der Waals surface area contributed by atoms with Crippen molar-refractivity contribution in [1.29, 1.82) is 0 Å². The van der Waals surface area contributed by atoms with Crippen molar-refractivity contribution in [3.8, 4) is 0 Å². The highest BCUT2D eigenvalue weighted by atomic mass is 32.1. The number of morpholine rings is 1. The summed E-state index contributed by atoms with van der Waals surface area (Å²) in [6.45, 7) is 6.64. The molecule has 1 aromatic rings. The molecule has 1 saturated heterocycles. The molecule has 0 saturated carbocycles. The zero-order chi connectivity index (χ0) is 15.4. The van der Waals surface area contributed by atoms with Crippen LogP contribution >= 0.6 is 11.3 Å². The quantitative estimate of drug-likeness (QED) is 0.881. The molecule has 0 radical (unpaired) electrons. The fraction of sp³-hybridized carbons (Fsp3) is 0.600. The molecule has 0 spiro atoms. The first-order chi connectivity index (χ1) is 10.7. The van der Waals surface area contributed by atoms with E-state index in [1.54, 1.807) is 18.3 Å². The number of rotatable bonds is 5. The number of oxime groups is 1. The topological polar surface area (TPSA) is 63.2 Å². The van der Waals surface area contributed by atoms with E-state index in [1.165, 1.54) is 0 Å². The maximum absolute atomic E-state index is 12.4. The van der Waals surface area contributed by atoms with Crippen LogP contribution in [-0.2, 0) is 14.4 Å². The average molecular weight is 323 g/mol. The SMILES string of the molecule is C[C@@]1(C(=O)NCCN2CCOCC2)CC(c2cccs2)=NO1. The smallest absolute Gasteiger partial charge is 0.267 e. The predicted molar refractivity (Wildman–Crippen MR) is 85.2 cm³/mol. The minimum atomic E-state index is -0.898. The van der Waals surface area contributed by atoms with Gasteiger partial charge in [0.2, 0.25) is 5.60 Å². The van der Waals surface area contributed by atoms with Crippen LogP contribution in [0.15, 0.2) is 22.7 Å². The van der Waals surface area contributed by atoms with Crippen molar-refractivity contribution >= 4 is 23.0 Å². The minimum Gasteiger partial charge on any atom is -0.379 e. The van der Waals surface area contributed by atoms with Gasteiger partial charge in [-0.3, -0.25) is 9.69 Å². The maximum atomic E-state index is 12.4. The van der Waals surface area contributed by atoms with Gasteiger partial charge in [0.1, 0.15) is 5.71 Å².